The lowest BCUT2D eigenvalue weighted by Gasteiger charge is -2.14. The van der Waals surface area contributed by atoms with Gasteiger partial charge in [0.05, 0.1) is 22.6 Å². The maximum Gasteiger partial charge on any atom is 0.251 e. The monoisotopic (exact) mass is 455 g/mol. The number of nitrogens with two attached hydrogens (primary N) is 1. The van der Waals surface area contributed by atoms with Crippen LogP contribution in [-0.4, -0.2) is 35.6 Å². The largest absolute Gasteiger partial charge is 0.612 e. The maximum atomic E-state index is 13.4. The molecule has 0 radical (unpaired) electrons. The zero-order valence-electron chi connectivity index (χ0n) is 17.3. The maximum absolute atomic E-state index is 13.4. The Balaban J connectivity index is 1.92. The lowest BCUT2D eigenvalue weighted by Crippen LogP contribution is -2.20. The lowest BCUT2D eigenvalue weighted by atomic mass is 9.98. The van der Waals surface area contributed by atoms with E-state index in [2.05, 4.69) is 5.16 Å². The highest BCUT2D eigenvalue weighted by atomic mass is 32.2. The first-order valence-electron chi connectivity index (χ1n) is 9.87. The summed E-state index contributed by atoms with van der Waals surface area (Å²) >= 11 is -2.56. The molecule has 5 rings (SSSR count). The van der Waals surface area contributed by atoms with Crippen molar-refractivity contribution in [2.45, 2.75) is 36.8 Å². The van der Waals surface area contributed by atoms with Crippen LogP contribution in [0.25, 0.3) is 32.9 Å². The van der Waals surface area contributed by atoms with Crippen LogP contribution >= 0.6 is 0 Å². The van der Waals surface area contributed by atoms with Crippen LogP contribution in [0.4, 0.5) is 0 Å². The van der Waals surface area contributed by atoms with E-state index >= 15 is 0 Å². The number of fused-ring (bicyclic) bond motifs is 3. The molecule has 2 aromatic carbocycles. The smallest absolute Gasteiger partial charge is 0.251 e. The summed E-state index contributed by atoms with van der Waals surface area (Å²) in [6.45, 7) is 3.66. The van der Waals surface area contributed by atoms with E-state index in [-0.39, 0.29) is 10.8 Å². The number of primary amides is 1. The fourth-order valence-electron chi connectivity index (χ4n) is 4.10. The Morgan fingerprint density at radius 1 is 1.19 bits per heavy atom. The molecule has 4 aromatic rings. The number of benzene rings is 2. The molecule has 7 nitrogen and oxygen atoms in total. The minimum Gasteiger partial charge on any atom is -0.612 e. The Morgan fingerprint density at radius 3 is 2.52 bits per heavy atom. The standard InChI is InChI=1S/C22H21N3O4S2/c1-11-20(12(2)29-24-11)13-8-17-16-7-6-15(30(3)27)10-19(16)25(31(28)14-4-5-14)21(17)18(9-13)22(23)26/h6-10,14H,4-5H2,1-3H3,(H2,23,26). The predicted molar refractivity (Wildman–Crippen MR) is 122 cm³/mol. The first-order chi connectivity index (χ1) is 14.8. The van der Waals surface area contributed by atoms with Crippen LogP contribution in [0.5, 0.6) is 0 Å². The van der Waals surface area contributed by atoms with Gasteiger partial charge in [0.2, 0.25) is 0 Å². The molecule has 1 aliphatic rings. The van der Waals surface area contributed by atoms with Crippen LogP contribution in [0, 0.1) is 13.8 Å². The number of aromatic nitrogens is 2. The third-order valence-corrected chi connectivity index (χ3v) is 8.40. The van der Waals surface area contributed by atoms with Gasteiger partial charge in [-0.25, -0.2) is 0 Å². The highest BCUT2D eigenvalue weighted by molar-refractivity contribution is 7.91. The van der Waals surface area contributed by atoms with Gasteiger partial charge < -0.3 is 19.4 Å². The van der Waals surface area contributed by atoms with Crippen molar-refractivity contribution in [1.29, 1.82) is 0 Å². The number of carbonyl (C=O) groups is 1. The van der Waals surface area contributed by atoms with Crippen molar-refractivity contribution in [1.82, 2.24) is 9.13 Å². The number of carbonyl (C=O) groups excluding carboxylic acids is 1. The van der Waals surface area contributed by atoms with Gasteiger partial charge in [0.1, 0.15) is 28.3 Å². The van der Waals surface area contributed by atoms with Crippen LogP contribution < -0.4 is 5.73 Å². The van der Waals surface area contributed by atoms with Crippen molar-refractivity contribution >= 4 is 50.3 Å². The van der Waals surface area contributed by atoms with Gasteiger partial charge in [0.15, 0.2) is 4.90 Å². The van der Waals surface area contributed by atoms with Gasteiger partial charge in [-0.3, -0.25) is 4.79 Å². The van der Waals surface area contributed by atoms with Gasteiger partial charge in [-0.2, -0.15) is 3.97 Å². The van der Waals surface area contributed by atoms with Crippen molar-refractivity contribution in [3.8, 4) is 11.1 Å². The van der Waals surface area contributed by atoms with Gasteiger partial charge in [-0.05, 0) is 54.9 Å². The van der Waals surface area contributed by atoms with Gasteiger partial charge >= 0.3 is 0 Å². The Hall–Kier alpha value is -2.46. The Labute approximate surface area is 185 Å². The molecule has 0 aliphatic heterocycles. The summed E-state index contributed by atoms with van der Waals surface area (Å²) in [7, 11) is 0. The summed E-state index contributed by atoms with van der Waals surface area (Å²) in [5.41, 5.74) is 9.60. The van der Waals surface area contributed by atoms with E-state index in [1.807, 2.05) is 26.0 Å². The number of hydrogen-bond donors (Lipinski definition) is 1. The molecule has 1 amide bonds. The third-order valence-electron chi connectivity index (χ3n) is 5.70. The summed E-state index contributed by atoms with van der Waals surface area (Å²) in [4.78, 5) is 13.2. The molecule has 2 unspecified atom stereocenters. The quantitative estimate of drug-likeness (QED) is 0.461. The minimum atomic E-state index is -1.36. The molecule has 1 saturated carbocycles. The molecule has 2 N–H and O–H groups in total. The van der Waals surface area contributed by atoms with Crippen molar-refractivity contribution in [3.05, 3.63) is 47.3 Å². The highest BCUT2D eigenvalue weighted by Gasteiger charge is 2.39. The minimum absolute atomic E-state index is 0.0394. The fourth-order valence-corrected chi connectivity index (χ4v) is 6.19. The van der Waals surface area contributed by atoms with Gasteiger partial charge in [0, 0.05) is 35.2 Å². The number of hydrogen-bond acceptors (Lipinski definition) is 5. The van der Waals surface area contributed by atoms with Crippen molar-refractivity contribution < 1.29 is 18.4 Å². The van der Waals surface area contributed by atoms with E-state index in [1.165, 1.54) is 0 Å². The number of amides is 1. The van der Waals surface area contributed by atoms with Gasteiger partial charge in [0.25, 0.3) is 5.91 Å². The van der Waals surface area contributed by atoms with Gasteiger partial charge in [-0.1, -0.05) is 5.16 Å². The number of nitrogens with zero attached hydrogens (tertiary/aromatic N) is 2. The number of aryl methyl sites for hydroxylation is 2. The summed E-state index contributed by atoms with van der Waals surface area (Å²) in [5.74, 6) is 0.0380. The van der Waals surface area contributed by atoms with E-state index in [9.17, 15) is 13.9 Å². The molecule has 1 fully saturated rings. The normalized spacial score (nSPS) is 16.2. The molecule has 2 heterocycles. The van der Waals surface area contributed by atoms with Crippen LogP contribution in [0.15, 0.2) is 39.8 Å². The van der Waals surface area contributed by atoms with E-state index in [0.29, 0.717) is 27.4 Å². The van der Waals surface area contributed by atoms with E-state index < -0.39 is 28.4 Å². The molecular weight excluding hydrogens is 434 g/mol. The van der Waals surface area contributed by atoms with Crippen molar-refractivity contribution in [2.24, 2.45) is 5.73 Å². The molecule has 0 saturated heterocycles. The highest BCUT2D eigenvalue weighted by Crippen LogP contribution is 2.41. The molecular formula is C22H21N3O4S2. The van der Waals surface area contributed by atoms with Gasteiger partial charge in [-0.15, -0.1) is 0 Å². The fraction of sp³-hybridized carbons (Fsp3) is 0.273. The Bertz CT molecular complexity index is 1330. The lowest BCUT2D eigenvalue weighted by molar-refractivity contribution is 0.100. The first kappa shape index (κ1) is 20.4. The van der Waals surface area contributed by atoms with Crippen molar-refractivity contribution in [3.63, 3.8) is 0 Å². The molecule has 0 spiro atoms. The van der Waals surface area contributed by atoms with E-state index in [4.69, 9.17) is 10.3 Å². The number of rotatable bonds is 5. The summed E-state index contributed by atoms with van der Waals surface area (Å²) in [6.07, 6.45) is 3.35. The van der Waals surface area contributed by atoms with Crippen LogP contribution in [0.2, 0.25) is 0 Å². The summed E-state index contributed by atoms with van der Waals surface area (Å²) in [6, 6.07) is 9.15. The molecule has 1 aliphatic carbocycles. The predicted octanol–water partition coefficient (Wildman–Crippen LogP) is 3.58. The second-order valence-electron chi connectivity index (χ2n) is 7.89. The van der Waals surface area contributed by atoms with E-state index in [1.54, 1.807) is 28.4 Å². The molecule has 2 aromatic heterocycles. The zero-order chi connectivity index (χ0) is 22.0. The molecule has 0 bridgehead atoms. The summed E-state index contributed by atoms with van der Waals surface area (Å²) in [5, 5.41) is 5.66. The molecule has 160 valence electrons. The topological polar surface area (TPSA) is 120 Å². The summed E-state index contributed by atoms with van der Waals surface area (Å²) < 4.78 is 32.5. The second kappa shape index (κ2) is 7.30. The molecule has 31 heavy (non-hydrogen) atoms. The molecule has 2 atom stereocenters. The first-order valence-corrected chi connectivity index (χ1v) is 12.6. The van der Waals surface area contributed by atoms with Crippen LogP contribution in [0.1, 0.15) is 34.7 Å². The second-order valence-corrected chi connectivity index (χ2v) is 10.9. The van der Waals surface area contributed by atoms with E-state index in [0.717, 1.165) is 34.7 Å². The van der Waals surface area contributed by atoms with Crippen molar-refractivity contribution in [2.75, 3.05) is 6.26 Å². The average molecular weight is 456 g/mol. The van der Waals surface area contributed by atoms with Crippen LogP contribution in [-0.2, 0) is 22.5 Å². The molecule has 9 heteroatoms. The van der Waals surface area contributed by atoms with Crippen LogP contribution in [0.3, 0.4) is 0 Å². The third kappa shape index (κ3) is 3.23. The Kier molecular flexibility index (Phi) is 4.82. The SMILES string of the molecule is Cc1noc(C)c1-c1cc(C(N)=O)c2c(c1)c1ccc([S+](C)[O-])cc1n2[S+]([O-])C1CC1. The average Bonchev–Trinajstić information content (AvgIpc) is 3.46. The zero-order valence-corrected chi connectivity index (χ0v) is 18.9. The Morgan fingerprint density at radius 2 is 1.94 bits per heavy atom.